The van der Waals surface area contributed by atoms with Crippen LogP contribution >= 0.6 is 11.6 Å². The molecule has 1 heterocycles. The number of benzene rings is 3. The Balaban J connectivity index is 1.68. The fourth-order valence-electron chi connectivity index (χ4n) is 3.74. The molecular formula is C21H22ClNO. The second-order valence-corrected chi connectivity index (χ2v) is 6.82. The number of halogens is 1. The van der Waals surface area contributed by atoms with Crippen molar-refractivity contribution in [3.63, 3.8) is 0 Å². The molecule has 124 valence electrons. The van der Waals surface area contributed by atoms with E-state index in [1.807, 2.05) is 0 Å². The summed E-state index contributed by atoms with van der Waals surface area (Å²) in [6.45, 7) is 4.98. The van der Waals surface area contributed by atoms with Crippen LogP contribution in [0, 0.1) is 0 Å². The van der Waals surface area contributed by atoms with Gasteiger partial charge in [0.1, 0.15) is 0 Å². The van der Waals surface area contributed by atoms with Gasteiger partial charge in [-0.1, -0.05) is 60.1 Å². The lowest BCUT2D eigenvalue weighted by Crippen LogP contribution is -2.36. The highest BCUT2D eigenvalue weighted by Crippen LogP contribution is 2.36. The van der Waals surface area contributed by atoms with Crippen molar-refractivity contribution in [2.24, 2.45) is 0 Å². The first kappa shape index (κ1) is 15.9. The zero-order valence-corrected chi connectivity index (χ0v) is 14.6. The van der Waals surface area contributed by atoms with Gasteiger partial charge in [-0.05, 0) is 35.7 Å². The molecule has 1 fully saturated rings. The quantitative estimate of drug-likeness (QED) is 0.626. The number of rotatable bonds is 4. The number of morpholine rings is 1. The average Bonchev–Trinajstić information content (AvgIpc) is 2.65. The molecule has 0 unspecified atom stereocenters. The van der Waals surface area contributed by atoms with Crippen molar-refractivity contribution in [3.05, 3.63) is 59.1 Å². The van der Waals surface area contributed by atoms with E-state index in [-0.39, 0.29) is 0 Å². The van der Waals surface area contributed by atoms with Crippen LogP contribution in [0.2, 0.25) is 5.02 Å². The number of ether oxygens (including phenoxy) is 1. The van der Waals surface area contributed by atoms with Gasteiger partial charge in [-0.3, -0.25) is 4.90 Å². The van der Waals surface area contributed by atoms with Gasteiger partial charge in [0.05, 0.1) is 18.2 Å². The summed E-state index contributed by atoms with van der Waals surface area (Å²) >= 11 is 6.68. The Kier molecular flexibility index (Phi) is 4.70. The molecule has 3 aromatic rings. The van der Waals surface area contributed by atoms with Crippen LogP contribution in [0.4, 0.5) is 0 Å². The molecule has 3 heteroatoms. The van der Waals surface area contributed by atoms with Gasteiger partial charge in [0.2, 0.25) is 0 Å². The SMILES string of the molecule is Clc1c2ccccc2c(CCCN2CCOCC2)c2ccccc12. The predicted octanol–water partition coefficient (Wildman–Crippen LogP) is 4.91. The Hall–Kier alpha value is -1.61. The number of aryl methyl sites for hydroxylation is 1. The van der Waals surface area contributed by atoms with Gasteiger partial charge in [-0.25, -0.2) is 0 Å². The largest absolute Gasteiger partial charge is 0.379 e. The van der Waals surface area contributed by atoms with E-state index in [9.17, 15) is 0 Å². The van der Waals surface area contributed by atoms with Gasteiger partial charge in [0, 0.05) is 23.9 Å². The number of hydrogen-bond donors (Lipinski definition) is 0. The van der Waals surface area contributed by atoms with Gasteiger partial charge >= 0.3 is 0 Å². The van der Waals surface area contributed by atoms with E-state index in [2.05, 4.69) is 53.4 Å². The molecule has 1 aliphatic rings. The number of hydrogen-bond acceptors (Lipinski definition) is 2. The molecule has 3 aromatic carbocycles. The number of fused-ring (bicyclic) bond motifs is 2. The van der Waals surface area contributed by atoms with Crippen molar-refractivity contribution in [2.45, 2.75) is 12.8 Å². The Morgan fingerprint density at radius 1 is 0.833 bits per heavy atom. The smallest absolute Gasteiger partial charge is 0.0594 e. The Morgan fingerprint density at radius 2 is 1.38 bits per heavy atom. The molecule has 24 heavy (non-hydrogen) atoms. The normalized spacial score (nSPS) is 16.0. The van der Waals surface area contributed by atoms with Gasteiger partial charge in [0.25, 0.3) is 0 Å². The number of nitrogens with zero attached hydrogens (tertiary/aromatic N) is 1. The molecule has 0 N–H and O–H groups in total. The third kappa shape index (κ3) is 3.02. The van der Waals surface area contributed by atoms with Crippen LogP contribution in [0.3, 0.4) is 0 Å². The van der Waals surface area contributed by atoms with Gasteiger partial charge in [-0.15, -0.1) is 0 Å². The van der Waals surface area contributed by atoms with E-state index in [0.717, 1.165) is 50.7 Å². The van der Waals surface area contributed by atoms with Crippen LogP contribution in [-0.2, 0) is 11.2 Å². The van der Waals surface area contributed by atoms with Crippen LogP contribution in [0.25, 0.3) is 21.5 Å². The summed E-state index contributed by atoms with van der Waals surface area (Å²) in [5, 5.41) is 5.79. The Morgan fingerprint density at radius 3 is 1.96 bits per heavy atom. The molecule has 0 saturated carbocycles. The zero-order valence-electron chi connectivity index (χ0n) is 13.8. The molecule has 1 aliphatic heterocycles. The summed E-state index contributed by atoms with van der Waals surface area (Å²) < 4.78 is 5.44. The van der Waals surface area contributed by atoms with Crippen LogP contribution in [0.15, 0.2) is 48.5 Å². The minimum atomic E-state index is 0.868. The maximum atomic E-state index is 6.68. The lowest BCUT2D eigenvalue weighted by molar-refractivity contribution is 0.0375. The lowest BCUT2D eigenvalue weighted by Gasteiger charge is -2.26. The maximum absolute atomic E-state index is 6.68. The monoisotopic (exact) mass is 339 g/mol. The third-order valence-corrected chi connectivity index (χ3v) is 5.39. The van der Waals surface area contributed by atoms with E-state index in [1.54, 1.807) is 0 Å². The van der Waals surface area contributed by atoms with Crippen molar-refractivity contribution in [3.8, 4) is 0 Å². The van der Waals surface area contributed by atoms with Gasteiger partial charge in [0.15, 0.2) is 0 Å². The van der Waals surface area contributed by atoms with E-state index in [0.29, 0.717) is 0 Å². The lowest BCUT2D eigenvalue weighted by atomic mass is 9.94. The zero-order chi connectivity index (χ0) is 16.4. The molecule has 0 bridgehead atoms. The molecular weight excluding hydrogens is 318 g/mol. The van der Waals surface area contributed by atoms with E-state index in [4.69, 9.17) is 16.3 Å². The van der Waals surface area contributed by atoms with Crippen molar-refractivity contribution >= 4 is 33.1 Å². The fraction of sp³-hybridized carbons (Fsp3) is 0.333. The van der Waals surface area contributed by atoms with Crippen molar-refractivity contribution < 1.29 is 4.74 Å². The Bertz CT molecular complexity index is 798. The topological polar surface area (TPSA) is 12.5 Å². The average molecular weight is 340 g/mol. The van der Waals surface area contributed by atoms with Gasteiger partial charge in [-0.2, -0.15) is 0 Å². The molecule has 1 saturated heterocycles. The minimum absolute atomic E-state index is 0.868. The van der Waals surface area contributed by atoms with Crippen molar-refractivity contribution in [1.82, 2.24) is 4.90 Å². The summed E-state index contributed by atoms with van der Waals surface area (Å²) in [4.78, 5) is 2.50. The highest BCUT2D eigenvalue weighted by Gasteiger charge is 2.13. The minimum Gasteiger partial charge on any atom is -0.379 e. The van der Waals surface area contributed by atoms with Gasteiger partial charge < -0.3 is 4.74 Å². The van der Waals surface area contributed by atoms with Crippen LogP contribution < -0.4 is 0 Å². The molecule has 4 rings (SSSR count). The van der Waals surface area contributed by atoms with Crippen molar-refractivity contribution in [2.75, 3.05) is 32.8 Å². The fourth-order valence-corrected chi connectivity index (χ4v) is 4.07. The molecule has 2 nitrogen and oxygen atoms in total. The molecule has 0 radical (unpaired) electrons. The predicted molar refractivity (Wildman–Crippen MR) is 102 cm³/mol. The summed E-state index contributed by atoms with van der Waals surface area (Å²) in [5.41, 5.74) is 1.43. The summed E-state index contributed by atoms with van der Waals surface area (Å²) in [6, 6.07) is 17.0. The van der Waals surface area contributed by atoms with Crippen molar-refractivity contribution in [1.29, 1.82) is 0 Å². The Labute approximate surface area is 148 Å². The van der Waals surface area contributed by atoms with Crippen LogP contribution in [-0.4, -0.2) is 37.7 Å². The van der Waals surface area contributed by atoms with E-state index in [1.165, 1.54) is 27.1 Å². The first-order valence-corrected chi connectivity index (χ1v) is 9.10. The summed E-state index contributed by atoms with van der Waals surface area (Å²) in [5.74, 6) is 0. The maximum Gasteiger partial charge on any atom is 0.0594 e. The molecule has 0 spiro atoms. The van der Waals surface area contributed by atoms with Crippen LogP contribution in [0.1, 0.15) is 12.0 Å². The molecule has 0 aliphatic carbocycles. The van der Waals surface area contributed by atoms with E-state index < -0.39 is 0 Å². The second kappa shape index (κ2) is 7.10. The molecule has 0 atom stereocenters. The molecule has 0 amide bonds. The first-order chi connectivity index (χ1) is 11.8. The highest BCUT2D eigenvalue weighted by molar-refractivity contribution is 6.41. The highest BCUT2D eigenvalue weighted by atomic mass is 35.5. The standard InChI is InChI=1S/C21H22ClNO/c22-21-19-8-3-1-6-17(19)16(18-7-2-4-9-20(18)21)10-5-11-23-12-14-24-15-13-23/h1-4,6-9H,5,10-15H2. The first-order valence-electron chi connectivity index (χ1n) is 8.72. The second-order valence-electron chi connectivity index (χ2n) is 6.44. The van der Waals surface area contributed by atoms with E-state index >= 15 is 0 Å². The summed E-state index contributed by atoms with van der Waals surface area (Å²) in [7, 11) is 0. The third-order valence-electron chi connectivity index (χ3n) is 4.98. The van der Waals surface area contributed by atoms with Crippen LogP contribution in [0.5, 0.6) is 0 Å². The molecule has 0 aromatic heterocycles. The summed E-state index contributed by atoms with van der Waals surface area (Å²) in [6.07, 6.45) is 2.24.